The number of ether oxygens (including phenoxy) is 1. The predicted molar refractivity (Wildman–Crippen MR) is 81.7 cm³/mol. The van der Waals surface area contributed by atoms with E-state index in [2.05, 4.69) is 24.1 Å². The van der Waals surface area contributed by atoms with Gasteiger partial charge in [-0.25, -0.2) is 4.39 Å². The molecule has 112 valence electrons. The summed E-state index contributed by atoms with van der Waals surface area (Å²) in [5.74, 6) is 0.289. The van der Waals surface area contributed by atoms with E-state index in [0.717, 1.165) is 24.1 Å². The molecule has 0 saturated carbocycles. The van der Waals surface area contributed by atoms with Crippen LogP contribution in [0.5, 0.6) is 5.75 Å². The second kappa shape index (κ2) is 7.74. The molecule has 0 saturated heterocycles. The van der Waals surface area contributed by atoms with Crippen LogP contribution in [0.4, 0.5) is 4.39 Å². The highest BCUT2D eigenvalue weighted by Crippen LogP contribution is 2.27. The average Bonchev–Trinajstić information content (AvgIpc) is 2.51. The molecule has 1 N–H and O–H groups in total. The Balaban J connectivity index is 2.11. The summed E-state index contributed by atoms with van der Waals surface area (Å²) in [6, 6.07) is 8.60. The third-order valence-electron chi connectivity index (χ3n) is 3.26. The lowest BCUT2D eigenvalue weighted by Crippen LogP contribution is -2.20. The molecule has 0 bridgehead atoms. The van der Waals surface area contributed by atoms with Gasteiger partial charge in [-0.3, -0.25) is 4.98 Å². The van der Waals surface area contributed by atoms with Gasteiger partial charge >= 0.3 is 0 Å². The lowest BCUT2D eigenvalue weighted by atomic mass is 10.1. The molecule has 1 unspecified atom stereocenters. The molecule has 0 spiro atoms. The molecule has 0 aliphatic rings. The molecule has 0 amide bonds. The van der Waals surface area contributed by atoms with E-state index < -0.39 is 0 Å². The number of hydrogen-bond donors (Lipinski definition) is 1. The first-order chi connectivity index (χ1) is 10.2. The maximum atomic E-state index is 13.5. The van der Waals surface area contributed by atoms with Crippen LogP contribution in [-0.2, 0) is 6.61 Å². The molecule has 0 radical (unpaired) electrons. The first kappa shape index (κ1) is 15.4. The molecular weight excluding hydrogens is 267 g/mol. The van der Waals surface area contributed by atoms with Crippen molar-refractivity contribution in [2.24, 2.45) is 0 Å². The standard InChI is InChI=1S/C17H21FN2O/c1-3-8-20-13(2)16-7-6-15(18)10-17(16)21-12-14-5-4-9-19-11-14/h4-7,9-11,13,20H,3,8,12H2,1-2H3. The summed E-state index contributed by atoms with van der Waals surface area (Å²) in [5, 5.41) is 3.39. The van der Waals surface area contributed by atoms with Crippen LogP contribution >= 0.6 is 0 Å². The van der Waals surface area contributed by atoms with Crippen LogP contribution in [0.25, 0.3) is 0 Å². The zero-order chi connectivity index (χ0) is 15.1. The van der Waals surface area contributed by atoms with Gasteiger partial charge in [-0.1, -0.05) is 19.1 Å². The van der Waals surface area contributed by atoms with Crippen molar-refractivity contribution in [2.75, 3.05) is 6.54 Å². The quantitative estimate of drug-likeness (QED) is 0.840. The molecule has 0 fully saturated rings. The van der Waals surface area contributed by atoms with Crippen molar-refractivity contribution < 1.29 is 9.13 Å². The van der Waals surface area contributed by atoms with Gasteiger partial charge in [-0.2, -0.15) is 0 Å². The Morgan fingerprint density at radius 2 is 2.19 bits per heavy atom. The minimum atomic E-state index is -0.289. The summed E-state index contributed by atoms with van der Waals surface area (Å²) in [5.41, 5.74) is 1.93. The third kappa shape index (κ3) is 4.53. The maximum Gasteiger partial charge on any atom is 0.127 e. The van der Waals surface area contributed by atoms with Crippen molar-refractivity contribution in [3.8, 4) is 5.75 Å². The monoisotopic (exact) mass is 288 g/mol. The van der Waals surface area contributed by atoms with E-state index in [1.807, 2.05) is 12.1 Å². The Kier molecular flexibility index (Phi) is 5.69. The van der Waals surface area contributed by atoms with Crippen LogP contribution in [0.3, 0.4) is 0 Å². The molecule has 1 aromatic carbocycles. The number of rotatable bonds is 7. The summed E-state index contributed by atoms with van der Waals surface area (Å²) < 4.78 is 19.3. The average molecular weight is 288 g/mol. The van der Waals surface area contributed by atoms with Gasteiger partial charge in [0.25, 0.3) is 0 Å². The summed E-state index contributed by atoms with van der Waals surface area (Å²) in [6.07, 6.45) is 4.52. The Bertz CT molecular complexity index is 560. The number of aromatic nitrogens is 1. The van der Waals surface area contributed by atoms with Gasteiger partial charge in [0.1, 0.15) is 18.2 Å². The van der Waals surface area contributed by atoms with Gasteiger partial charge in [-0.15, -0.1) is 0 Å². The van der Waals surface area contributed by atoms with E-state index in [9.17, 15) is 4.39 Å². The fraction of sp³-hybridized carbons (Fsp3) is 0.353. The van der Waals surface area contributed by atoms with Crippen LogP contribution in [0.15, 0.2) is 42.7 Å². The topological polar surface area (TPSA) is 34.1 Å². The van der Waals surface area contributed by atoms with Gasteiger partial charge in [0, 0.05) is 35.6 Å². The Morgan fingerprint density at radius 1 is 1.33 bits per heavy atom. The van der Waals surface area contributed by atoms with Crippen LogP contribution in [0, 0.1) is 5.82 Å². The van der Waals surface area contributed by atoms with E-state index in [-0.39, 0.29) is 11.9 Å². The normalized spacial score (nSPS) is 12.1. The smallest absolute Gasteiger partial charge is 0.127 e. The summed E-state index contributed by atoms with van der Waals surface area (Å²) >= 11 is 0. The maximum absolute atomic E-state index is 13.5. The highest BCUT2D eigenvalue weighted by molar-refractivity contribution is 5.36. The number of hydrogen-bond acceptors (Lipinski definition) is 3. The molecule has 21 heavy (non-hydrogen) atoms. The fourth-order valence-corrected chi connectivity index (χ4v) is 2.11. The molecule has 0 aliphatic heterocycles. The number of nitrogens with one attached hydrogen (secondary N) is 1. The van der Waals surface area contributed by atoms with E-state index in [0.29, 0.717) is 12.4 Å². The molecule has 1 atom stereocenters. The zero-order valence-electron chi connectivity index (χ0n) is 12.5. The van der Waals surface area contributed by atoms with Crippen LogP contribution in [0.1, 0.15) is 37.4 Å². The molecular formula is C17H21FN2O. The Morgan fingerprint density at radius 3 is 2.90 bits per heavy atom. The molecule has 2 rings (SSSR count). The van der Waals surface area contributed by atoms with Crippen LogP contribution < -0.4 is 10.1 Å². The van der Waals surface area contributed by atoms with E-state index in [1.54, 1.807) is 18.5 Å². The Labute approximate surface area is 125 Å². The third-order valence-corrected chi connectivity index (χ3v) is 3.26. The number of nitrogens with zero attached hydrogens (tertiary/aromatic N) is 1. The van der Waals surface area contributed by atoms with Gasteiger partial charge < -0.3 is 10.1 Å². The Hall–Kier alpha value is -1.94. The van der Waals surface area contributed by atoms with Crippen molar-refractivity contribution in [3.63, 3.8) is 0 Å². The molecule has 3 nitrogen and oxygen atoms in total. The fourth-order valence-electron chi connectivity index (χ4n) is 2.11. The summed E-state index contributed by atoms with van der Waals surface area (Å²) in [6.45, 7) is 5.47. The highest BCUT2D eigenvalue weighted by Gasteiger charge is 2.12. The lowest BCUT2D eigenvalue weighted by Gasteiger charge is -2.18. The molecule has 0 aliphatic carbocycles. The van der Waals surface area contributed by atoms with E-state index in [1.165, 1.54) is 12.1 Å². The van der Waals surface area contributed by atoms with Crippen molar-refractivity contribution in [1.29, 1.82) is 0 Å². The first-order valence-electron chi connectivity index (χ1n) is 7.25. The minimum absolute atomic E-state index is 0.120. The van der Waals surface area contributed by atoms with Gasteiger partial charge in [-0.05, 0) is 32.0 Å². The number of benzene rings is 1. The lowest BCUT2D eigenvalue weighted by molar-refractivity contribution is 0.297. The van der Waals surface area contributed by atoms with E-state index in [4.69, 9.17) is 4.74 Å². The van der Waals surface area contributed by atoms with Crippen molar-refractivity contribution in [2.45, 2.75) is 32.9 Å². The number of pyridine rings is 1. The molecule has 2 aromatic rings. The van der Waals surface area contributed by atoms with Crippen LogP contribution in [-0.4, -0.2) is 11.5 Å². The van der Waals surface area contributed by atoms with Crippen molar-refractivity contribution in [1.82, 2.24) is 10.3 Å². The van der Waals surface area contributed by atoms with Gasteiger partial charge in [0.05, 0.1) is 0 Å². The molecule has 4 heteroatoms. The summed E-state index contributed by atoms with van der Waals surface area (Å²) in [4.78, 5) is 4.05. The second-order valence-electron chi connectivity index (χ2n) is 5.01. The minimum Gasteiger partial charge on any atom is -0.488 e. The van der Waals surface area contributed by atoms with Crippen molar-refractivity contribution in [3.05, 3.63) is 59.7 Å². The van der Waals surface area contributed by atoms with Crippen LogP contribution in [0.2, 0.25) is 0 Å². The van der Waals surface area contributed by atoms with Gasteiger partial charge in [0.15, 0.2) is 0 Å². The zero-order valence-corrected chi connectivity index (χ0v) is 12.5. The first-order valence-corrected chi connectivity index (χ1v) is 7.25. The highest BCUT2D eigenvalue weighted by atomic mass is 19.1. The summed E-state index contributed by atoms with van der Waals surface area (Å²) in [7, 11) is 0. The van der Waals surface area contributed by atoms with Crippen molar-refractivity contribution >= 4 is 0 Å². The number of halogens is 1. The molecule has 1 aromatic heterocycles. The van der Waals surface area contributed by atoms with E-state index >= 15 is 0 Å². The second-order valence-corrected chi connectivity index (χ2v) is 5.01. The largest absolute Gasteiger partial charge is 0.488 e. The molecule has 1 heterocycles. The van der Waals surface area contributed by atoms with Gasteiger partial charge in [0.2, 0.25) is 0 Å². The predicted octanol–water partition coefficient (Wildman–Crippen LogP) is 3.86. The SMILES string of the molecule is CCCNC(C)c1ccc(F)cc1OCc1cccnc1.